The zero-order valence-electron chi connectivity index (χ0n) is 13.7. The second-order valence-electron chi connectivity index (χ2n) is 5.40. The average molecular weight is 328 g/mol. The summed E-state index contributed by atoms with van der Waals surface area (Å²) < 4.78 is 13.9. The van der Waals surface area contributed by atoms with Crippen LogP contribution < -0.4 is 10.1 Å². The molecule has 1 N–H and O–H groups in total. The molecule has 0 saturated carbocycles. The Bertz CT molecular complexity index is 837. The van der Waals surface area contributed by atoms with Crippen LogP contribution in [0.25, 0.3) is 10.9 Å². The third kappa shape index (κ3) is 3.57. The van der Waals surface area contributed by atoms with E-state index in [9.17, 15) is 4.79 Å². The number of anilines is 1. The SMILES string of the molecule is COCCn1cc(NC(=O)Cn2ccc3cc(OC)ccc32)cn1. The molecule has 24 heavy (non-hydrogen) atoms. The van der Waals surface area contributed by atoms with Crippen molar-refractivity contribution in [1.82, 2.24) is 14.3 Å². The van der Waals surface area contributed by atoms with Crippen molar-refractivity contribution in [3.8, 4) is 5.75 Å². The first-order valence-corrected chi connectivity index (χ1v) is 7.64. The Hall–Kier alpha value is -2.80. The molecule has 0 atom stereocenters. The molecular formula is C17H20N4O3. The number of ether oxygens (including phenoxy) is 2. The standard InChI is InChI=1S/C17H20N4O3/c1-23-8-7-21-11-14(10-18-21)19-17(22)12-20-6-5-13-9-15(24-2)3-4-16(13)20/h3-6,9-11H,7-8,12H2,1-2H3,(H,19,22). The molecular weight excluding hydrogens is 308 g/mol. The molecule has 7 nitrogen and oxygen atoms in total. The van der Waals surface area contributed by atoms with Gasteiger partial charge in [0.15, 0.2) is 0 Å². The van der Waals surface area contributed by atoms with Gasteiger partial charge in [0.2, 0.25) is 5.91 Å². The van der Waals surface area contributed by atoms with Crippen LogP contribution in [-0.2, 0) is 22.6 Å². The maximum atomic E-state index is 12.3. The molecule has 2 heterocycles. The second-order valence-corrected chi connectivity index (χ2v) is 5.40. The number of hydrogen-bond donors (Lipinski definition) is 1. The normalized spacial score (nSPS) is 10.9. The van der Waals surface area contributed by atoms with Crippen LogP contribution in [0.2, 0.25) is 0 Å². The highest BCUT2D eigenvalue weighted by molar-refractivity contribution is 5.92. The highest BCUT2D eigenvalue weighted by Crippen LogP contribution is 2.21. The van der Waals surface area contributed by atoms with Crippen LogP contribution in [0.4, 0.5) is 5.69 Å². The molecule has 1 amide bonds. The van der Waals surface area contributed by atoms with E-state index in [0.29, 0.717) is 18.8 Å². The molecule has 3 aromatic rings. The third-order valence-corrected chi connectivity index (χ3v) is 3.73. The van der Waals surface area contributed by atoms with E-state index in [2.05, 4.69) is 10.4 Å². The monoisotopic (exact) mass is 328 g/mol. The molecule has 1 aromatic carbocycles. The average Bonchev–Trinajstić information content (AvgIpc) is 3.19. The minimum absolute atomic E-state index is 0.102. The minimum Gasteiger partial charge on any atom is -0.497 e. The molecule has 0 bridgehead atoms. The summed E-state index contributed by atoms with van der Waals surface area (Å²) in [4.78, 5) is 12.3. The Kier molecular flexibility index (Phi) is 4.81. The van der Waals surface area contributed by atoms with E-state index in [0.717, 1.165) is 16.7 Å². The Morgan fingerprint density at radius 2 is 2.17 bits per heavy atom. The molecule has 126 valence electrons. The number of methoxy groups -OCH3 is 2. The number of carbonyl (C=O) groups is 1. The quantitative estimate of drug-likeness (QED) is 0.721. The van der Waals surface area contributed by atoms with Gasteiger partial charge < -0.3 is 19.4 Å². The number of nitrogens with zero attached hydrogens (tertiary/aromatic N) is 3. The number of aromatic nitrogens is 3. The van der Waals surface area contributed by atoms with Crippen molar-refractivity contribution >= 4 is 22.5 Å². The molecule has 0 saturated heterocycles. The first kappa shape index (κ1) is 16.1. The van der Waals surface area contributed by atoms with Gasteiger partial charge in [-0.3, -0.25) is 9.48 Å². The summed E-state index contributed by atoms with van der Waals surface area (Å²) in [5.41, 5.74) is 1.66. The van der Waals surface area contributed by atoms with Gasteiger partial charge in [-0.05, 0) is 24.3 Å². The molecule has 0 unspecified atom stereocenters. The van der Waals surface area contributed by atoms with Crippen molar-refractivity contribution in [2.24, 2.45) is 0 Å². The van der Waals surface area contributed by atoms with E-state index >= 15 is 0 Å². The topological polar surface area (TPSA) is 70.3 Å². The summed E-state index contributed by atoms with van der Waals surface area (Å²) in [6.45, 7) is 1.46. The van der Waals surface area contributed by atoms with Crippen molar-refractivity contribution in [2.75, 3.05) is 26.1 Å². The van der Waals surface area contributed by atoms with Gasteiger partial charge in [0, 0.05) is 30.4 Å². The molecule has 2 aromatic heterocycles. The summed E-state index contributed by atoms with van der Waals surface area (Å²) in [5.74, 6) is 0.697. The smallest absolute Gasteiger partial charge is 0.244 e. The van der Waals surface area contributed by atoms with Crippen LogP contribution in [-0.4, -0.2) is 41.1 Å². The summed E-state index contributed by atoms with van der Waals surface area (Å²) in [5, 5.41) is 8.07. The maximum Gasteiger partial charge on any atom is 0.244 e. The number of fused-ring (bicyclic) bond motifs is 1. The molecule has 0 radical (unpaired) electrons. The third-order valence-electron chi connectivity index (χ3n) is 3.73. The zero-order valence-corrected chi connectivity index (χ0v) is 13.7. The Morgan fingerprint density at radius 1 is 1.29 bits per heavy atom. The van der Waals surface area contributed by atoms with Gasteiger partial charge in [0.1, 0.15) is 12.3 Å². The van der Waals surface area contributed by atoms with Crippen molar-refractivity contribution in [2.45, 2.75) is 13.1 Å². The van der Waals surface area contributed by atoms with Crippen molar-refractivity contribution in [3.05, 3.63) is 42.9 Å². The van der Waals surface area contributed by atoms with Crippen molar-refractivity contribution < 1.29 is 14.3 Å². The number of carbonyl (C=O) groups excluding carboxylic acids is 1. The van der Waals surface area contributed by atoms with E-state index in [1.165, 1.54) is 0 Å². The van der Waals surface area contributed by atoms with Crippen LogP contribution in [0.1, 0.15) is 0 Å². The van der Waals surface area contributed by atoms with Crippen LogP contribution in [0.5, 0.6) is 5.75 Å². The van der Waals surface area contributed by atoms with E-state index in [-0.39, 0.29) is 12.5 Å². The predicted octanol–water partition coefficient (Wildman–Crippen LogP) is 2.13. The highest BCUT2D eigenvalue weighted by Gasteiger charge is 2.08. The largest absolute Gasteiger partial charge is 0.497 e. The molecule has 3 rings (SSSR count). The lowest BCUT2D eigenvalue weighted by molar-refractivity contribution is -0.116. The lowest BCUT2D eigenvalue weighted by Gasteiger charge is -2.06. The van der Waals surface area contributed by atoms with Crippen LogP contribution in [0.15, 0.2) is 42.9 Å². The highest BCUT2D eigenvalue weighted by atomic mass is 16.5. The summed E-state index contributed by atoms with van der Waals surface area (Å²) >= 11 is 0. The first-order valence-electron chi connectivity index (χ1n) is 7.64. The lowest BCUT2D eigenvalue weighted by atomic mass is 10.2. The van der Waals surface area contributed by atoms with E-state index in [4.69, 9.17) is 9.47 Å². The lowest BCUT2D eigenvalue weighted by Crippen LogP contribution is -2.17. The first-order chi connectivity index (χ1) is 11.7. The maximum absolute atomic E-state index is 12.3. The van der Waals surface area contributed by atoms with Gasteiger partial charge in [-0.15, -0.1) is 0 Å². The van der Waals surface area contributed by atoms with Gasteiger partial charge in [-0.1, -0.05) is 0 Å². The summed E-state index contributed by atoms with van der Waals surface area (Å²) in [6, 6.07) is 7.75. The van der Waals surface area contributed by atoms with Gasteiger partial charge >= 0.3 is 0 Å². The van der Waals surface area contributed by atoms with E-state index < -0.39 is 0 Å². The number of nitrogens with one attached hydrogen (secondary N) is 1. The fourth-order valence-electron chi connectivity index (χ4n) is 2.53. The number of benzene rings is 1. The predicted molar refractivity (Wildman–Crippen MR) is 91.2 cm³/mol. The minimum atomic E-state index is -0.102. The van der Waals surface area contributed by atoms with Crippen LogP contribution in [0, 0.1) is 0 Å². The molecule has 7 heteroatoms. The van der Waals surface area contributed by atoms with Gasteiger partial charge in [-0.2, -0.15) is 5.10 Å². The van der Waals surface area contributed by atoms with Crippen molar-refractivity contribution in [3.63, 3.8) is 0 Å². The second kappa shape index (κ2) is 7.18. The molecule has 0 aliphatic heterocycles. The molecule has 0 fully saturated rings. The van der Waals surface area contributed by atoms with Gasteiger partial charge in [-0.25, -0.2) is 0 Å². The Morgan fingerprint density at radius 3 is 2.96 bits per heavy atom. The zero-order chi connectivity index (χ0) is 16.9. The van der Waals surface area contributed by atoms with E-state index in [1.54, 1.807) is 31.3 Å². The summed E-state index contributed by atoms with van der Waals surface area (Å²) in [7, 11) is 3.28. The van der Waals surface area contributed by atoms with E-state index in [1.807, 2.05) is 35.0 Å². The number of amides is 1. The Labute approximate surface area is 139 Å². The fraction of sp³-hybridized carbons (Fsp3) is 0.294. The summed E-state index contributed by atoms with van der Waals surface area (Å²) in [6.07, 6.45) is 5.31. The van der Waals surface area contributed by atoms with Crippen molar-refractivity contribution in [1.29, 1.82) is 0 Å². The fourth-order valence-corrected chi connectivity index (χ4v) is 2.53. The number of rotatable bonds is 7. The Balaban J connectivity index is 1.65. The molecule has 0 spiro atoms. The van der Waals surface area contributed by atoms with Gasteiger partial charge in [0.05, 0.1) is 32.1 Å². The number of hydrogen-bond acceptors (Lipinski definition) is 4. The van der Waals surface area contributed by atoms with Gasteiger partial charge in [0.25, 0.3) is 0 Å². The van der Waals surface area contributed by atoms with Crippen LogP contribution >= 0.6 is 0 Å². The van der Waals surface area contributed by atoms with Crippen LogP contribution in [0.3, 0.4) is 0 Å². The molecule has 0 aliphatic rings. The molecule has 0 aliphatic carbocycles.